The van der Waals surface area contributed by atoms with E-state index in [0.29, 0.717) is 0 Å². The van der Waals surface area contributed by atoms with Gasteiger partial charge < -0.3 is 10.8 Å². The van der Waals surface area contributed by atoms with E-state index in [9.17, 15) is 13.9 Å². The van der Waals surface area contributed by atoms with Crippen molar-refractivity contribution < 1.29 is 13.9 Å². The van der Waals surface area contributed by atoms with Gasteiger partial charge in [-0.3, -0.25) is 4.99 Å². The Kier molecular flexibility index (Phi) is 5.60. The van der Waals surface area contributed by atoms with Gasteiger partial charge in [-0.2, -0.15) is 0 Å². The fourth-order valence-corrected chi connectivity index (χ4v) is 2.00. The van der Waals surface area contributed by atoms with Crippen molar-refractivity contribution in [3.05, 3.63) is 35.4 Å². The zero-order valence-electron chi connectivity index (χ0n) is 9.35. The van der Waals surface area contributed by atoms with Crippen molar-refractivity contribution in [2.45, 2.75) is 5.60 Å². The SMILES string of the molecule is NC=NC=NCC(O)(CI)c1ccc(F)cc1F. The second-order valence-corrected chi connectivity index (χ2v) is 4.31. The van der Waals surface area contributed by atoms with Crippen LogP contribution >= 0.6 is 22.6 Å². The maximum absolute atomic E-state index is 13.6. The molecule has 0 aliphatic heterocycles. The van der Waals surface area contributed by atoms with E-state index in [1.54, 1.807) is 0 Å². The van der Waals surface area contributed by atoms with Crippen molar-refractivity contribution >= 4 is 35.3 Å². The molecule has 0 fully saturated rings. The highest BCUT2D eigenvalue weighted by Crippen LogP contribution is 2.27. The van der Waals surface area contributed by atoms with Gasteiger partial charge in [0.05, 0.1) is 12.9 Å². The minimum Gasteiger partial charge on any atom is -0.390 e. The number of aliphatic hydroxyl groups is 1. The Morgan fingerprint density at radius 1 is 1.44 bits per heavy atom. The van der Waals surface area contributed by atoms with E-state index >= 15 is 0 Å². The summed E-state index contributed by atoms with van der Waals surface area (Å²) < 4.78 is 26.6. The molecule has 0 heterocycles. The number of rotatable bonds is 5. The van der Waals surface area contributed by atoms with E-state index in [1.165, 1.54) is 12.4 Å². The van der Waals surface area contributed by atoms with Crippen LogP contribution in [-0.4, -0.2) is 28.8 Å². The summed E-state index contributed by atoms with van der Waals surface area (Å²) >= 11 is 1.91. The van der Waals surface area contributed by atoms with Crippen LogP contribution < -0.4 is 5.73 Å². The van der Waals surface area contributed by atoms with Crippen LogP contribution in [0.4, 0.5) is 8.78 Å². The minimum atomic E-state index is -1.50. The average Bonchev–Trinajstić information content (AvgIpc) is 2.34. The molecule has 0 spiro atoms. The van der Waals surface area contributed by atoms with Crippen LogP contribution in [0.2, 0.25) is 0 Å². The molecule has 0 bridgehead atoms. The minimum absolute atomic E-state index is 0.00665. The van der Waals surface area contributed by atoms with Crippen molar-refractivity contribution in [3.63, 3.8) is 0 Å². The maximum Gasteiger partial charge on any atom is 0.132 e. The van der Waals surface area contributed by atoms with E-state index in [-0.39, 0.29) is 16.5 Å². The number of nitrogens with zero attached hydrogens (tertiary/aromatic N) is 2. The molecule has 7 heteroatoms. The summed E-state index contributed by atoms with van der Waals surface area (Å²) in [7, 11) is 0. The van der Waals surface area contributed by atoms with Crippen molar-refractivity contribution in [2.24, 2.45) is 15.7 Å². The third kappa shape index (κ3) is 3.70. The molecule has 1 aromatic rings. The lowest BCUT2D eigenvalue weighted by Crippen LogP contribution is -2.32. The average molecular weight is 367 g/mol. The zero-order valence-corrected chi connectivity index (χ0v) is 11.5. The second kappa shape index (κ2) is 6.74. The normalized spacial score (nSPS) is 15.3. The van der Waals surface area contributed by atoms with Crippen LogP contribution in [0.25, 0.3) is 0 Å². The molecular weight excluding hydrogens is 355 g/mol. The fraction of sp³-hybridized carbons (Fsp3) is 0.273. The Bertz CT molecular complexity index is 468. The Morgan fingerprint density at radius 3 is 2.72 bits per heavy atom. The highest BCUT2D eigenvalue weighted by Gasteiger charge is 2.30. The molecule has 3 N–H and O–H groups in total. The van der Waals surface area contributed by atoms with E-state index in [1.807, 2.05) is 22.6 Å². The highest BCUT2D eigenvalue weighted by molar-refractivity contribution is 14.1. The van der Waals surface area contributed by atoms with Crippen molar-refractivity contribution in [2.75, 3.05) is 11.0 Å². The molecule has 0 aliphatic carbocycles. The van der Waals surface area contributed by atoms with Crippen LogP contribution in [0.3, 0.4) is 0 Å². The van der Waals surface area contributed by atoms with Gasteiger partial charge in [-0.05, 0) is 6.07 Å². The molecule has 98 valence electrons. The van der Waals surface area contributed by atoms with Crippen LogP contribution in [0.15, 0.2) is 28.2 Å². The first-order valence-electron chi connectivity index (χ1n) is 4.99. The van der Waals surface area contributed by atoms with Crippen LogP contribution in [0.5, 0.6) is 0 Å². The van der Waals surface area contributed by atoms with Gasteiger partial charge >= 0.3 is 0 Å². The summed E-state index contributed by atoms with van der Waals surface area (Å²) in [6.45, 7) is -0.0875. The molecule has 1 rings (SSSR count). The highest BCUT2D eigenvalue weighted by atomic mass is 127. The molecule has 18 heavy (non-hydrogen) atoms. The molecule has 0 aromatic heterocycles. The molecule has 1 unspecified atom stereocenters. The Labute approximate surface area is 117 Å². The largest absolute Gasteiger partial charge is 0.390 e. The van der Waals surface area contributed by atoms with Gasteiger partial charge in [-0.1, -0.05) is 28.7 Å². The lowest BCUT2D eigenvalue weighted by atomic mass is 9.95. The summed E-state index contributed by atoms with van der Waals surface area (Å²) in [4.78, 5) is 7.36. The summed E-state index contributed by atoms with van der Waals surface area (Å²) in [5.74, 6) is -1.49. The molecule has 4 nitrogen and oxygen atoms in total. The fourth-order valence-electron chi connectivity index (χ4n) is 1.34. The molecule has 0 radical (unpaired) electrons. The predicted molar refractivity (Wildman–Crippen MR) is 75.2 cm³/mol. The van der Waals surface area contributed by atoms with Crippen molar-refractivity contribution in [1.82, 2.24) is 0 Å². The first kappa shape index (κ1) is 15.0. The molecule has 0 aliphatic rings. The summed E-state index contributed by atoms with van der Waals surface area (Å²) in [6, 6.07) is 3.04. The van der Waals surface area contributed by atoms with E-state index < -0.39 is 17.2 Å². The van der Waals surface area contributed by atoms with Gasteiger partial charge in [0.2, 0.25) is 0 Å². The number of hydrogen-bond donors (Lipinski definition) is 2. The van der Waals surface area contributed by atoms with Gasteiger partial charge in [-0.15, -0.1) is 0 Å². The van der Waals surface area contributed by atoms with E-state index in [0.717, 1.165) is 18.5 Å². The van der Waals surface area contributed by atoms with Gasteiger partial charge in [0.25, 0.3) is 0 Å². The van der Waals surface area contributed by atoms with Crippen molar-refractivity contribution in [3.8, 4) is 0 Å². The smallest absolute Gasteiger partial charge is 0.132 e. The number of nitrogens with two attached hydrogens (primary N) is 1. The van der Waals surface area contributed by atoms with Gasteiger partial charge in [0.1, 0.15) is 23.6 Å². The number of halogens is 3. The quantitative estimate of drug-likeness (QED) is 0.359. The number of hydrogen-bond acceptors (Lipinski definition) is 2. The van der Waals surface area contributed by atoms with Gasteiger partial charge in [-0.25, -0.2) is 13.8 Å². The topological polar surface area (TPSA) is 71.0 Å². The number of aliphatic imine (C=N–C) groups is 2. The van der Waals surface area contributed by atoms with Crippen molar-refractivity contribution in [1.29, 1.82) is 0 Å². The zero-order chi connectivity index (χ0) is 13.6. The van der Waals surface area contributed by atoms with Gasteiger partial charge in [0, 0.05) is 16.1 Å². The van der Waals surface area contributed by atoms with Gasteiger partial charge in [0.15, 0.2) is 0 Å². The maximum atomic E-state index is 13.6. The number of benzene rings is 1. The standard InChI is InChI=1S/C11H12F2IN3O/c12-8-1-2-9(10(13)3-8)11(18,4-14)5-16-7-17-6-15/h1-3,6-7,18H,4-5H2,(H2,15,16,17). The summed E-state index contributed by atoms with van der Waals surface area (Å²) in [5.41, 5.74) is 3.52. The van der Waals surface area contributed by atoms with E-state index in [2.05, 4.69) is 9.98 Å². The summed E-state index contributed by atoms with van der Waals surface area (Å²) in [6.07, 6.45) is 2.21. The van der Waals surface area contributed by atoms with Crippen LogP contribution in [0, 0.1) is 11.6 Å². The molecule has 1 atom stereocenters. The Hall–Kier alpha value is -1.09. The third-order valence-electron chi connectivity index (χ3n) is 2.24. The predicted octanol–water partition coefficient (Wildman–Crippen LogP) is 1.60. The lowest BCUT2D eigenvalue weighted by molar-refractivity contribution is 0.0719. The molecular formula is C11H12F2IN3O. The second-order valence-electron chi connectivity index (χ2n) is 3.54. The number of alkyl halides is 1. The Balaban J connectivity index is 2.99. The Morgan fingerprint density at radius 2 is 2.17 bits per heavy atom. The lowest BCUT2D eigenvalue weighted by Gasteiger charge is -2.24. The first-order chi connectivity index (χ1) is 8.53. The van der Waals surface area contributed by atoms with Crippen LogP contribution in [-0.2, 0) is 5.60 Å². The first-order valence-corrected chi connectivity index (χ1v) is 6.51. The monoisotopic (exact) mass is 367 g/mol. The molecule has 0 saturated carbocycles. The van der Waals surface area contributed by atoms with E-state index in [4.69, 9.17) is 5.73 Å². The van der Waals surface area contributed by atoms with Crippen LogP contribution in [0.1, 0.15) is 5.56 Å². The molecule has 1 aromatic carbocycles. The summed E-state index contributed by atoms with van der Waals surface area (Å²) in [5, 5.41) is 10.3. The molecule has 0 saturated heterocycles. The molecule has 0 amide bonds. The third-order valence-corrected chi connectivity index (χ3v) is 3.50.